The van der Waals surface area contributed by atoms with Crippen molar-refractivity contribution >= 4 is 17.4 Å². The van der Waals surface area contributed by atoms with Gasteiger partial charge in [-0.15, -0.1) is 10.2 Å². The predicted molar refractivity (Wildman–Crippen MR) is 79.4 cm³/mol. The third-order valence-electron chi connectivity index (χ3n) is 3.04. The van der Waals surface area contributed by atoms with Crippen LogP contribution in [-0.4, -0.2) is 15.1 Å². The molecule has 0 unspecified atom stereocenters. The van der Waals surface area contributed by atoms with E-state index in [2.05, 4.69) is 10.2 Å². The van der Waals surface area contributed by atoms with Gasteiger partial charge in [-0.1, -0.05) is 30.0 Å². The summed E-state index contributed by atoms with van der Waals surface area (Å²) in [5, 5.41) is 19.2. The van der Waals surface area contributed by atoms with Crippen LogP contribution < -0.4 is 0 Å². The summed E-state index contributed by atoms with van der Waals surface area (Å²) in [5.74, 6) is 1.44. The molecule has 2 heterocycles. The van der Waals surface area contributed by atoms with Crippen molar-refractivity contribution in [3.63, 3.8) is 0 Å². The molecule has 0 radical (unpaired) electrons. The van der Waals surface area contributed by atoms with Crippen molar-refractivity contribution in [1.82, 2.24) is 10.2 Å². The van der Waals surface area contributed by atoms with Crippen LogP contribution in [0.4, 0.5) is 5.69 Å². The minimum absolute atomic E-state index is 0.0837. The van der Waals surface area contributed by atoms with Crippen molar-refractivity contribution in [2.45, 2.75) is 17.9 Å². The molecule has 0 saturated carbocycles. The van der Waals surface area contributed by atoms with Gasteiger partial charge in [0.25, 0.3) is 16.8 Å². The van der Waals surface area contributed by atoms with Gasteiger partial charge in [-0.25, -0.2) is 0 Å². The fourth-order valence-corrected chi connectivity index (χ4v) is 2.69. The topological polar surface area (TPSA) is 95.2 Å². The van der Waals surface area contributed by atoms with Crippen LogP contribution in [-0.2, 0) is 5.75 Å². The Balaban J connectivity index is 1.74. The maximum atomic E-state index is 11.0. The first kappa shape index (κ1) is 14.3. The summed E-state index contributed by atoms with van der Waals surface area (Å²) in [4.78, 5) is 10.6. The minimum atomic E-state index is -0.399. The van der Waals surface area contributed by atoms with E-state index in [1.165, 1.54) is 17.8 Å². The Morgan fingerprint density at radius 2 is 2.09 bits per heavy atom. The first-order valence-corrected chi connectivity index (χ1v) is 7.37. The highest BCUT2D eigenvalue weighted by molar-refractivity contribution is 7.98. The molecule has 22 heavy (non-hydrogen) atoms. The van der Waals surface area contributed by atoms with Gasteiger partial charge in [-0.2, -0.15) is 0 Å². The lowest BCUT2D eigenvalue weighted by Gasteiger charge is -1.99. The first-order valence-electron chi connectivity index (χ1n) is 6.38. The van der Waals surface area contributed by atoms with Crippen molar-refractivity contribution in [2.24, 2.45) is 0 Å². The molecule has 0 atom stereocenters. The smallest absolute Gasteiger partial charge is 0.277 e. The zero-order valence-electron chi connectivity index (χ0n) is 11.6. The number of nitrogens with zero attached hydrogens (tertiary/aromatic N) is 3. The second-order valence-electron chi connectivity index (χ2n) is 4.44. The average Bonchev–Trinajstić information content (AvgIpc) is 3.13. The molecule has 1 aromatic carbocycles. The van der Waals surface area contributed by atoms with Crippen LogP contribution in [0.1, 0.15) is 11.3 Å². The molecule has 0 N–H and O–H groups in total. The number of benzene rings is 1. The van der Waals surface area contributed by atoms with Gasteiger partial charge >= 0.3 is 0 Å². The summed E-state index contributed by atoms with van der Waals surface area (Å²) < 4.78 is 10.7. The highest BCUT2D eigenvalue weighted by Crippen LogP contribution is 2.30. The number of nitro benzene ring substituents is 1. The van der Waals surface area contributed by atoms with Crippen LogP contribution in [0.2, 0.25) is 0 Å². The fourth-order valence-electron chi connectivity index (χ4n) is 1.93. The lowest BCUT2D eigenvalue weighted by molar-refractivity contribution is -0.385. The molecule has 0 saturated heterocycles. The van der Waals surface area contributed by atoms with E-state index >= 15 is 0 Å². The third-order valence-corrected chi connectivity index (χ3v) is 3.90. The average molecular weight is 317 g/mol. The predicted octanol–water partition coefficient (Wildman–Crippen LogP) is 3.84. The van der Waals surface area contributed by atoms with Crippen LogP contribution in [0.25, 0.3) is 11.5 Å². The molecule has 7 nitrogen and oxygen atoms in total. The van der Waals surface area contributed by atoms with Crippen molar-refractivity contribution in [2.75, 3.05) is 0 Å². The molecule has 0 aliphatic rings. The second-order valence-corrected chi connectivity index (χ2v) is 5.36. The molecule has 0 aliphatic heterocycles. The Labute approximate surface area is 129 Å². The van der Waals surface area contributed by atoms with Gasteiger partial charge in [0, 0.05) is 17.4 Å². The molecule has 8 heteroatoms. The van der Waals surface area contributed by atoms with Gasteiger partial charge in [-0.05, 0) is 13.0 Å². The Bertz CT molecular complexity index is 812. The van der Waals surface area contributed by atoms with Gasteiger partial charge in [0.05, 0.1) is 16.7 Å². The van der Waals surface area contributed by atoms with E-state index in [4.69, 9.17) is 8.83 Å². The maximum absolute atomic E-state index is 11.0. The van der Waals surface area contributed by atoms with E-state index in [-0.39, 0.29) is 5.69 Å². The zero-order chi connectivity index (χ0) is 15.5. The Hall–Kier alpha value is -2.61. The largest absolute Gasteiger partial charge is 0.469 e. The first-order chi connectivity index (χ1) is 10.6. The van der Waals surface area contributed by atoms with Gasteiger partial charge in [0.15, 0.2) is 0 Å². The Morgan fingerprint density at radius 1 is 1.27 bits per heavy atom. The molecule has 0 fully saturated rings. The minimum Gasteiger partial charge on any atom is -0.469 e. The highest BCUT2D eigenvalue weighted by Gasteiger charge is 2.16. The van der Waals surface area contributed by atoms with Crippen molar-refractivity contribution in [3.8, 4) is 11.5 Å². The van der Waals surface area contributed by atoms with Crippen molar-refractivity contribution in [3.05, 3.63) is 58.0 Å². The summed E-state index contributed by atoms with van der Waals surface area (Å²) >= 11 is 1.25. The number of rotatable bonds is 5. The SMILES string of the molecule is Cc1occc1-c1nnc(SCc2ccccc2[N+](=O)[O-])o1. The number of hydrogen-bond acceptors (Lipinski definition) is 7. The van der Waals surface area contributed by atoms with Crippen LogP contribution in [0.5, 0.6) is 0 Å². The molecule has 0 spiro atoms. The number of furan rings is 1. The van der Waals surface area contributed by atoms with Crippen LogP contribution >= 0.6 is 11.8 Å². The number of aryl methyl sites for hydroxylation is 1. The molecule has 3 aromatic rings. The Morgan fingerprint density at radius 3 is 2.82 bits per heavy atom. The van der Waals surface area contributed by atoms with E-state index in [1.54, 1.807) is 37.5 Å². The lowest BCUT2D eigenvalue weighted by atomic mass is 10.2. The molecular weight excluding hydrogens is 306 g/mol. The maximum Gasteiger partial charge on any atom is 0.277 e. The molecule has 0 aliphatic carbocycles. The molecular formula is C14H11N3O4S. The van der Waals surface area contributed by atoms with Gasteiger partial charge in [-0.3, -0.25) is 10.1 Å². The van der Waals surface area contributed by atoms with Gasteiger partial charge < -0.3 is 8.83 Å². The second kappa shape index (κ2) is 6.02. The highest BCUT2D eigenvalue weighted by atomic mass is 32.2. The number of para-hydroxylation sites is 1. The van der Waals surface area contributed by atoms with E-state index in [0.717, 1.165) is 5.56 Å². The number of thioether (sulfide) groups is 1. The normalized spacial score (nSPS) is 10.8. The Kier molecular flexibility index (Phi) is 3.92. The summed E-state index contributed by atoms with van der Waals surface area (Å²) in [6.07, 6.45) is 1.55. The molecule has 3 rings (SSSR count). The van der Waals surface area contributed by atoms with Gasteiger partial charge in [0.1, 0.15) is 5.76 Å². The summed E-state index contributed by atoms with van der Waals surface area (Å²) in [6, 6.07) is 8.34. The van der Waals surface area contributed by atoms with E-state index in [1.807, 2.05) is 0 Å². The molecule has 0 amide bonds. The fraction of sp³-hybridized carbons (Fsp3) is 0.143. The molecule has 0 bridgehead atoms. The van der Waals surface area contributed by atoms with Crippen molar-refractivity contribution in [1.29, 1.82) is 0 Å². The van der Waals surface area contributed by atoms with E-state index in [9.17, 15) is 10.1 Å². The van der Waals surface area contributed by atoms with Crippen molar-refractivity contribution < 1.29 is 13.8 Å². The number of aromatic nitrogens is 2. The molecule has 2 aromatic heterocycles. The molecule has 112 valence electrons. The number of nitro groups is 1. The van der Waals surface area contributed by atoms with Crippen LogP contribution in [0.3, 0.4) is 0 Å². The quantitative estimate of drug-likeness (QED) is 0.401. The van der Waals surface area contributed by atoms with Gasteiger partial charge in [0.2, 0.25) is 0 Å². The summed E-state index contributed by atoms with van der Waals surface area (Å²) in [7, 11) is 0. The van der Waals surface area contributed by atoms with Crippen LogP contribution in [0.15, 0.2) is 50.7 Å². The lowest BCUT2D eigenvalue weighted by Crippen LogP contribution is -1.93. The van der Waals surface area contributed by atoms with Crippen LogP contribution in [0, 0.1) is 17.0 Å². The monoisotopic (exact) mass is 317 g/mol. The number of hydrogen-bond donors (Lipinski definition) is 0. The summed E-state index contributed by atoms with van der Waals surface area (Å²) in [6.45, 7) is 1.81. The third kappa shape index (κ3) is 2.86. The van der Waals surface area contributed by atoms with E-state index < -0.39 is 4.92 Å². The standard InChI is InChI=1S/C14H11N3O4S/c1-9-11(6-7-20-9)13-15-16-14(21-13)22-8-10-4-2-3-5-12(10)17(18)19/h2-7H,8H2,1H3. The zero-order valence-corrected chi connectivity index (χ0v) is 12.4. The van der Waals surface area contributed by atoms with E-state index in [0.29, 0.717) is 28.2 Å². The summed E-state index contributed by atoms with van der Waals surface area (Å²) in [5.41, 5.74) is 1.43.